The van der Waals surface area contributed by atoms with Gasteiger partial charge in [0.1, 0.15) is 6.54 Å². The van der Waals surface area contributed by atoms with Crippen LogP contribution in [0.1, 0.15) is 19.3 Å². The Labute approximate surface area is 123 Å². The van der Waals surface area contributed by atoms with Crippen LogP contribution in [0.2, 0.25) is 0 Å². The van der Waals surface area contributed by atoms with Gasteiger partial charge in [0, 0.05) is 25.2 Å². The number of aliphatic carboxylic acids is 1. The van der Waals surface area contributed by atoms with Crippen molar-refractivity contribution in [2.24, 2.45) is 0 Å². The summed E-state index contributed by atoms with van der Waals surface area (Å²) in [6.45, 7) is 0.694. The molecule has 1 saturated heterocycles. The molecule has 0 radical (unpaired) electrons. The molecule has 0 aromatic heterocycles. The monoisotopic (exact) mass is 290 g/mol. The number of amides is 2. The minimum absolute atomic E-state index is 0.00729. The first-order chi connectivity index (χ1) is 10.1. The Morgan fingerprint density at radius 1 is 1.24 bits per heavy atom. The minimum Gasteiger partial charge on any atom is -0.481 e. The third-order valence-electron chi connectivity index (χ3n) is 3.42. The molecule has 0 atom stereocenters. The minimum atomic E-state index is -0.957. The summed E-state index contributed by atoms with van der Waals surface area (Å²) in [5.41, 5.74) is 0.649. The Bertz CT molecular complexity index is 530. The summed E-state index contributed by atoms with van der Waals surface area (Å²) in [4.78, 5) is 37.7. The van der Waals surface area contributed by atoms with Crippen molar-refractivity contribution < 1.29 is 19.5 Å². The smallest absolute Gasteiger partial charge is 0.305 e. The molecule has 0 unspecified atom stereocenters. The predicted molar refractivity (Wildman–Crippen MR) is 76.9 cm³/mol. The second kappa shape index (κ2) is 6.88. The quantitative estimate of drug-likeness (QED) is 0.851. The second-order valence-electron chi connectivity index (χ2n) is 4.94. The number of para-hydroxylation sites is 1. The van der Waals surface area contributed by atoms with Gasteiger partial charge in [-0.15, -0.1) is 0 Å². The van der Waals surface area contributed by atoms with E-state index in [1.807, 2.05) is 6.07 Å². The van der Waals surface area contributed by atoms with Gasteiger partial charge in [0.15, 0.2) is 0 Å². The van der Waals surface area contributed by atoms with Crippen LogP contribution in [0.25, 0.3) is 0 Å². The molecule has 0 spiro atoms. The van der Waals surface area contributed by atoms with E-state index >= 15 is 0 Å². The molecule has 2 rings (SSSR count). The highest BCUT2D eigenvalue weighted by Gasteiger charge is 2.25. The normalized spacial score (nSPS) is 14.3. The van der Waals surface area contributed by atoms with Crippen LogP contribution in [-0.2, 0) is 14.4 Å². The van der Waals surface area contributed by atoms with Gasteiger partial charge < -0.3 is 14.9 Å². The Balaban J connectivity index is 2.08. The molecule has 1 aromatic carbocycles. The fraction of sp³-hybridized carbons (Fsp3) is 0.400. The summed E-state index contributed by atoms with van der Waals surface area (Å²) in [6, 6.07) is 8.92. The summed E-state index contributed by atoms with van der Waals surface area (Å²) in [5.74, 6) is -1.23. The molecule has 0 bridgehead atoms. The zero-order valence-electron chi connectivity index (χ0n) is 11.7. The maximum Gasteiger partial charge on any atom is 0.305 e. The lowest BCUT2D eigenvalue weighted by Gasteiger charge is -2.25. The fourth-order valence-corrected chi connectivity index (χ4v) is 2.33. The molecule has 1 fully saturated rings. The number of likely N-dealkylation sites (tertiary alicyclic amines) is 1. The van der Waals surface area contributed by atoms with Gasteiger partial charge in [-0.3, -0.25) is 14.4 Å². The number of benzene rings is 1. The third-order valence-corrected chi connectivity index (χ3v) is 3.42. The van der Waals surface area contributed by atoms with Crippen LogP contribution in [0.3, 0.4) is 0 Å². The molecule has 1 heterocycles. The van der Waals surface area contributed by atoms with Gasteiger partial charge in [0.05, 0.1) is 6.42 Å². The molecule has 112 valence electrons. The largest absolute Gasteiger partial charge is 0.481 e. The Hall–Kier alpha value is -2.37. The van der Waals surface area contributed by atoms with E-state index in [1.54, 1.807) is 24.3 Å². The first kappa shape index (κ1) is 15.0. The molecular weight excluding hydrogens is 272 g/mol. The number of anilines is 1. The van der Waals surface area contributed by atoms with Crippen LogP contribution in [0.5, 0.6) is 0 Å². The lowest BCUT2D eigenvalue weighted by atomic mass is 10.2. The third kappa shape index (κ3) is 4.05. The van der Waals surface area contributed by atoms with Crippen LogP contribution in [-0.4, -0.2) is 47.4 Å². The van der Waals surface area contributed by atoms with E-state index in [9.17, 15) is 14.4 Å². The van der Waals surface area contributed by atoms with E-state index in [0.29, 0.717) is 18.7 Å². The van der Waals surface area contributed by atoms with Gasteiger partial charge in [-0.1, -0.05) is 18.2 Å². The molecule has 21 heavy (non-hydrogen) atoms. The van der Waals surface area contributed by atoms with Gasteiger partial charge >= 0.3 is 5.97 Å². The molecule has 6 nitrogen and oxygen atoms in total. The maximum atomic E-state index is 12.4. The summed E-state index contributed by atoms with van der Waals surface area (Å²) in [7, 11) is 0. The molecule has 6 heteroatoms. The van der Waals surface area contributed by atoms with E-state index in [1.165, 1.54) is 9.80 Å². The summed E-state index contributed by atoms with van der Waals surface area (Å²) >= 11 is 0. The predicted octanol–water partition coefficient (Wildman–Crippen LogP) is 1.12. The number of carbonyl (C=O) groups is 3. The van der Waals surface area contributed by atoms with Gasteiger partial charge in [0.2, 0.25) is 11.8 Å². The number of carboxylic acids is 1. The summed E-state index contributed by atoms with van der Waals surface area (Å²) < 4.78 is 0. The highest BCUT2D eigenvalue weighted by atomic mass is 16.4. The van der Waals surface area contributed by atoms with Crippen molar-refractivity contribution in [1.82, 2.24) is 4.90 Å². The molecule has 1 aromatic rings. The van der Waals surface area contributed by atoms with Crippen molar-refractivity contribution in [3.05, 3.63) is 30.3 Å². The Morgan fingerprint density at radius 3 is 2.52 bits per heavy atom. The highest BCUT2D eigenvalue weighted by molar-refractivity contribution is 5.97. The standard InChI is InChI=1S/C15H18N2O4/c18-13-7-4-9-16(13)11-14(19)17(10-8-15(20)21)12-5-2-1-3-6-12/h1-3,5-6H,4,7-11H2,(H,20,21). The molecular formula is C15H18N2O4. The fourth-order valence-electron chi connectivity index (χ4n) is 2.33. The SMILES string of the molecule is O=C(O)CCN(C(=O)CN1CCCC1=O)c1ccccc1. The molecule has 0 aliphatic carbocycles. The summed E-state index contributed by atoms with van der Waals surface area (Å²) in [5, 5.41) is 8.81. The van der Waals surface area contributed by atoms with Gasteiger partial charge in [-0.2, -0.15) is 0 Å². The van der Waals surface area contributed by atoms with E-state index in [-0.39, 0.29) is 31.3 Å². The van der Waals surface area contributed by atoms with Crippen LogP contribution >= 0.6 is 0 Å². The van der Waals surface area contributed by atoms with Crippen molar-refractivity contribution in [2.45, 2.75) is 19.3 Å². The van der Waals surface area contributed by atoms with Crippen LogP contribution < -0.4 is 4.90 Å². The number of rotatable bonds is 6. The second-order valence-corrected chi connectivity index (χ2v) is 4.94. The van der Waals surface area contributed by atoms with E-state index in [0.717, 1.165) is 6.42 Å². The zero-order chi connectivity index (χ0) is 15.2. The van der Waals surface area contributed by atoms with E-state index < -0.39 is 5.97 Å². The molecule has 2 amide bonds. The Kier molecular flexibility index (Phi) is 4.92. The molecule has 1 aliphatic heterocycles. The topological polar surface area (TPSA) is 77.9 Å². The van der Waals surface area contributed by atoms with Gasteiger partial charge in [0.25, 0.3) is 0 Å². The highest BCUT2D eigenvalue weighted by Crippen LogP contribution is 2.16. The lowest BCUT2D eigenvalue weighted by molar-refractivity contribution is -0.137. The van der Waals surface area contributed by atoms with Crippen molar-refractivity contribution >= 4 is 23.5 Å². The van der Waals surface area contributed by atoms with Crippen molar-refractivity contribution in [3.8, 4) is 0 Å². The Morgan fingerprint density at radius 2 is 1.95 bits per heavy atom. The summed E-state index contributed by atoms with van der Waals surface area (Å²) in [6.07, 6.45) is 1.12. The van der Waals surface area contributed by atoms with Crippen LogP contribution in [0.15, 0.2) is 30.3 Å². The number of carbonyl (C=O) groups excluding carboxylic acids is 2. The zero-order valence-corrected chi connectivity index (χ0v) is 11.7. The number of hydrogen-bond acceptors (Lipinski definition) is 3. The van der Waals surface area contributed by atoms with Gasteiger partial charge in [-0.25, -0.2) is 0 Å². The average molecular weight is 290 g/mol. The average Bonchev–Trinajstić information content (AvgIpc) is 2.85. The number of nitrogens with zero attached hydrogens (tertiary/aromatic N) is 2. The van der Waals surface area contributed by atoms with Crippen LogP contribution in [0.4, 0.5) is 5.69 Å². The van der Waals surface area contributed by atoms with Crippen molar-refractivity contribution in [3.63, 3.8) is 0 Å². The molecule has 1 aliphatic rings. The first-order valence-electron chi connectivity index (χ1n) is 6.93. The van der Waals surface area contributed by atoms with Crippen molar-refractivity contribution in [2.75, 3.05) is 24.5 Å². The molecule has 1 N–H and O–H groups in total. The van der Waals surface area contributed by atoms with Crippen molar-refractivity contribution in [1.29, 1.82) is 0 Å². The maximum absolute atomic E-state index is 12.4. The van der Waals surface area contributed by atoms with Gasteiger partial charge in [-0.05, 0) is 18.6 Å². The van der Waals surface area contributed by atoms with Crippen LogP contribution in [0, 0.1) is 0 Å². The lowest BCUT2D eigenvalue weighted by Crippen LogP contribution is -2.41. The number of hydrogen-bond donors (Lipinski definition) is 1. The molecule has 0 saturated carbocycles. The number of carboxylic acid groups (broad SMARTS) is 1. The first-order valence-corrected chi connectivity index (χ1v) is 6.93. The van der Waals surface area contributed by atoms with E-state index in [2.05, 4.69) is 0 Å². The van der Waals surface area contributed by atoms with E-state index in [4.69, 9.17) is 5.11 Å².